The average Bonchev–Trinajstić information content (AvgIpc) is 2.42. The highest BCUT2D eigenvalue weighted by Gasteiger charge is 2.05. The molecule has 0 N–H and O–H groups in total. The molecule has 0 saturated carbocycles. The van der Waals surface area contributed by atoms with Crippen LogP contribution in [0.3, 0.4) is 0 Å². The van der Waals surface area contributed by atoms with Crippen LogP contribution in [0.2, 0.25) is 0 Å². The van der Waals surface area contributed by atoms with Gasteiger partial charge in [0.2, 0.25) is 0 Å². The Bertz CT molecular complexity index is 393. The SMILES string of the molecule is CCCOc1cc(C=C(CC)CCl)ccc1OC. The molecule has 1 rings (SSSR count). The second-order valence-electron chi connectivity index (χ2n) is 4.05. The third kappa shape index (κ3) is 4.26. The molecule has 0 bridgehead atoms. The number of benzene rings is 1. The Hall–Kier alpha value is -1.15. The van der Waals surface area contributed by atoms with E-state index in [4.69, 9.17) is 21.1 Å². The molecule has 18 heavy (non-hydrogen) atoms. The quantitative estimate of drug-likeness (QED) is 0.677. The summed E-state index contributed by atoms with van der Waals surface area (Å²) >= 11 is 5.88. The Labute approximate surface area is 115 Å². The minimum absolute atomic E-state index is 0.563. The molecule has 0 fully saturated rings. The van der Waals surface area contributed by atoms with Crippen molar-refractivity contribution in [3.05, 3.63) is 29.3 Å². The fourth-order valence-corrected chi connectivity index (χ4v) is 1.84. The summed E-state index contributed by atoms with van der Waals surface area (Å²) in [7, 11) is 1.65. The molecule has 100 valence electrons. The van der Waals surface area contributed by atoms with E-state index in [0.29, 0.717) is 12.5 Å². The van der Waals surface area contributed by atoms with E-state index in [9.17, 15) is 0 Å². The van der Waals surface area contributed by atoms with Gasteiger partial charge in [-0.1, -0.05) is 31.6 Å². The second-order valence-corrected chi connectivity index (χ2v) is 4.32. The minimum atomic E-state index is 0.563. The lowest BCUT2D eigenvalue weighted by atomic mass is 10.1. The third-order valence-corrected chi connectivity index (χ3v) is 2.99. The van der Waals surface area contributed by atoms with Gasteiger partial charge < -0.3 is 9.47 Å². The summed E-state index contributed by atoms with van der Waals surface area (Å²) in [6, 6.07) is 5.94. The van der Waals surface area contributed by atoms with Crippen LogP contribution in [0.5, 0.6) is 11.5 Å². The lowest BCUT2D eigenvalue weighted by molar-refractivity contribution is 0.294. The standard InChI is InChI=1S/C15H21ClO2/c1-4-8-18-15-10-13(6-7-14(15)17-3)9-12(5-2)11-16/h6-7,9-10H,4-5,8,11H2,1-3H3. The molecule has 0 spiro atoms. The van der Waals surface area contributed by atoms with E-state index in [1.165, 1.54) is 5.57 Å². The maximum absolute atomic E-state index is 5.88. The van der Waals surface area contributed by atoms with E-state index < -0.39 is 0 Å². The molecule has 0 radical (unpaired) electrons. The summed E-state index contributed by atoms with van der Waals surface area (Å²) < 4.78 is 11.0. The Morgan fingerprint density at radius 2 is 2.06 bits per heavy atom. The molecule has 3 heteroatoms. The zero-order valence-electron chi connectivity index (χ0n) is 11.3. The maximum Gasteiger partial charge on any atom is 0.161 e. The number of alkyl halides is 1. The van der Waals surface area contributed by atoms with Gasteiger partial charge in [0.05, 0.1) is 13.7 Å². The summed E-state index contributed by atoms with van der Waals surface area (Å²) in [5.74, 6) is 2.12. The highest BCUT2D eigenvalue weighted by atomic mass is 35.5. The van der Waals surface area contributed by atoms with Crippen molar-refractivity contribution in [2.24, 2.45) is 0 Å². The van der Waals surface area contributed by atoms with Crippen LogP contribution in [-0.2, 0) is 0 Å². The van der Waals surface area contributed by atoms with Crippen molar-refractivity contribution in [3.8, 4) is 11.5 Å². The van der Waals surface area contributed by atoms with Gasteiger partial charge in [-0.2, -0.15) is 0 Å². The number of rotatable bonds is 7. The Balaban J connectivity index is 2.98. The van der Waals surface area contributed by atoms with Gasteiger partial charge in [-0.05, 0) is 30.5 Å². The molecule has 1 aromatic rings. The number of hydrogen-bond donors (Lipinski definition) is 0. The van der Waals surface area contributed by atoms with Crippen molar-refractivity contribution < 1.29 is 9.47 Å². The summed E-state index contributed by atoms with van der Waals surface area (Å²) in [5.41, 5.74) is 2.31. The number of methoxy groups -OCH3 is 1. The molecular formula is C15H21ClO2. The van der Waals surface area contributed by atoms with Gasteiger partial charge in [0.25, 0.3) is 0 Å². The predicted molar refractivity (Wildman–Crippen MR) is 77.8 cm³/mol. The van der Waals surface area contributed by atoms with Crippen molar-refractivity contribution >= 4 is 17.7 Å². The minimum Gasteiger partial charge on any atom is -0.493 e. The monoisotopic (exact) mass is 268 g/mol. The molecule has 0 aliphatic heterocycles. The normalized spacial score (nSPS) is 11.4. The first-order valence-electron chi connectivity index (χ1n) is 6.31. The molecule has 0 aliphatic rings. The third-order valence-electron chi connectivity index (χ3n) is 2.65. The topological polar surface area (TPSA) is 18.5 Å². The summed E-state index contributed by atoms with van der Waals surface area (Å²) in [5, 5.41) is 0. The van der Waals surface area contributed by atoms with E-state index in [0.717, 1.165) is 29.9 Å². The van der Waals surface area contributed by atoms with Crippen molar-refractivity contribution in [1.82, 2.24) is 0 Å². The number of halogens is 1. The largest absolute Gasteiger partial charge is 0.493 e. The highest BCUT2D eigenvalue weighted by molar-refractivity contribution is 6.19. The summed E-state index contributed by atoms with van der Waals surface area (Å²) in [6.07, 6.45) is 4.04. The van der Waals surface area contributed by atoms with Crippen LogP contribution in [0.15, 0.2) is 23.8 Å². The molecule has 0 amide bonds. The van der Waals surface area contributed by atoms with Crippen LogP contribution in [0.4, 0.5) is 0 Å². The average molecular weight is 269 g/mol. The van der Waals surface area contributed by atoms with Crippen LogP contribution in [0.1, 0.15) is 32.3 Å². The van der Waals surface area contributed by atoms with E-state index in [2.05, 4.69) is 19.9 Å². The van der Waals surface area contributed by atoms with Gasteiger partial charge in [-0.3, -0.25) is 0 Å². The van der Waals surface area contributed by atoms with Crippen molar-refractivity contribution in [1.29, 1.82) is 0 Å². The van der Waals surface area contributed by atoms with Gasteiger partial charge in [-0.25, -0.2) is 0 Å². The van der Waals surface area contributed by atoms with Crippen molar-refractivity contribution in [2.75, 3.05) is 19.6 Å². The predicted octanol–water partition coefficient (Wildman–Crippen LogP) is 4.52. The molecule has 0 heterocycles. The molecule has 0 aromatic heterocycles. The lowest BCUT2D eigenvalue weighted by Gasteiger charge is -2.11. The van der Waals surface area contributed by atoms with Crippen LogP contribution in [0.25, 0.3) is 6.08 Å². The molecule has 0 saturated heterocycles. The number of allylic oxidation sites excluding steroid dienone is 1. The van der Waals surface area contributed by atoms with Crippen LogP contribution >= 0.6 is 11.6 Å². The van der Waals surface area contributed by atoms with Gasteiger partial charge in [-0.15, -0.1) is 11.6 Å². The molecule has 2 nitrogen and oxygen atoms in total. The van der Waals surface area contributed by atoms with Gasteiger partial charge >= 0.3 is 0 Å². The Morgan fingerprint density at radius 3 is 2.61 bits per heavy atom. The molecule has 0 atom stereocenters. The smallest absolute Gasteiger partial charge is 0.161 e. The van der Waals surface area contributed by atoms with Crippen LogP contribution in [-0.4, -0.2) is 19.6 Å². The molecule has 1 aromatic carbocycles. The number of ether oxygens (including phenoxy) is 2. The summed E-state index contributed by atoms with van der Waals surface area (Å²) in [4.78, 5) is 0. The number of hydrogen-bond acceptors (Lipinski definition) is 2. The molecule has 0 aliphatic carbocycles. The van der Waals surface area contributed by atoms with Gasteiger partial charge in [0.1, 0.15) is 0 Å². The first-order valence-corrected chi connectivity index (χ1v) is 6.84. The van der Waals surface area contributed by atoms with Crippen molar-refractivity contribution in [3.63, 3.8) is 0 Å². The lowest BCUT2D eigenvalue weighted by Crippen LogP contribution is -1.98. The first-order chi connectivity index (χ1) is 8.74. The first kappa shape index (κ1) is 14.9. The Kier molecular flexibility index (Phi) is 6.66. The van der Waals surface area contributed by atoms with Gasteiger partial charge in [0.15, 0.2) is 11.5 Å². The van der Waals surface area contributed by atoms with E-state index in [-0.39, 0.29) is 0 Å². The molecule has 0 unspecified atom stereocenters. The van der Waals surface area contributed by atoms with E-state index in [1.807, 2.05) is 18.2 Å². The second kappa shape index (κ2) is 8.04. The Morgan fingerprint density at radius 1 is 1.28 bits per heavy atom. The van der Waals surface area contributed by atoms with Crippen LogP contribution in [0, 0.1) is 0 Å². The van der Waals surface area contributed by atoms with E-state index in [1.54, 1.807) is 7.11 Å². The fraction of sp³-hybridized carbons (Fsp3) is 0.467. The summed E-state index contributed by atoms with van der Waals surface area (Å²) in [6.45, 7) is 4.88. The molecular weight excluding hydrogens is 248 g/mol. The fourth-order valence-electron chi connectivity index (χ4n) is 1.58. The van der Waals surface area contributed by atoms with E-state index >= 15 is 0 Å². The highest BCUT2D eigenvalue weighted by Crippen LogP contribution is 2.29. The zero-order valence-corrected chi connectivity index (χ0v) is 12.1. The van der Waals surface area contributed by atoms with Gasteiger partial charge in [0, 0.05) is 5.88 Å². The zero-order chi connectivity index (χ0) is 13.4. The van der Waals surface area contributed by atoms with Crippen LogP contribution < -0.4 is 9.47 Å². The van der Waals surface area contributed by atoms with Crippen molar-refractivity contribution in [2.45, 2.75) is 26.7 Å². The maximum atomic E-state index is 5.88.